The summed E-state index contributed by atoms with van der Waals surface area (Å²) in [6, 6.07) is 19.7. The van der Waals surface area contributed by atoms with Crippen molar-refractivity contribution in [2.24, 2.45) is 5.92 Å². The molecule has 34 heavy (non-hydrogen) atoms. The Morgan fingerprint density at radius 3 is 2.79 bits per heavy atom. The molecule has 0 spiro atoms. The predicted octanol–water partition coefficient (Wildman–Crippen LogP) is 5.70. The third kappa shape index (κ3) is 5.16. The van der Waals surface area contributed by atoms with Gasteiger partial charge >= 0.3 is 0 Å². The van der Waals surface area contributed by atoms with Crippen LogP contribution >= 0.6 is 15.9 Å². The molecule has 1 saturated heterocycles. The van der Waals surface area contributed by atoms with Gasteiger partial charge in [-0.3, -0.25) is 4.90 Å². The lowest BCUT2D eigenvalue weighted by molar-refractivity contribution is 0.197. The van der Waals surface area contributed by atoms with Crippen LogP contribution in [-0.4, -0.2) is 50.8 Å². The largest absolute Gasteiger partial charge is 0.507 e. The molecule has 1 aliphatic rings. The standard InChI is InChI=1S/C27H28BrN5O/c28-23-18-30-33-26(16-24(31-27(23)33)22-12-4-5-13-25(22)34)29-17-21-11-7-15-32(19-21)14-6-10-20-8-2-1-3-9-20/h1-6,8-10,12-13,16,18,21,29,34H,7,11,14-15,17,19H2/b10-6+. The first-order valence-corrected chi connectivity index (χ1v) is 12.5. The van der Waals surface area contributed by atoms with Gasteiger partial charge in [-0.2, -0.15) is 9.61 Å². The van der Waals surface area contributed by atoms with E-state index in [1.807, 2.05) is 34.8 Å². The lowest BCUT2D eigenvalue weighted by atomic mass is 9.98. The molecule has 6 nitrogen and oxygen atoms in total. The number of phenols is 1. The third-order valence-corrected chi connectivity index (χ3v) is 6.82. The van der Waals surface area contributed by atoms with Crippen molar-refractivity contribution in [1.29, 1.82) is 0 Å². The molecule has 174 valence electrons. The number of hydrogen-bond acceptors (Lipinski definition) is 5. The quantitative estimate of drug-likeness (QED) is 0.329. The summed E-state index contributed by atoms with van der Waals surface area (Å²) in [5.74, 6) is 1.64. The molecule has 0 amide bonds. The van der Waals surface area contributed by atoms with Gasteiger partial charge in [-0.05, 0) is 58.9 Å². The van der Waals surface area contributed by atoms with Crippen molar-refractivity contribution < 1.29 is 5.11 Å². The highest BCUT2D eigenvalue weighted by atomic mass is 79.9. The SMILES string of the molecule is Oc1ccccc1-c1cc(NCC2CCCN(C/C=C/c3ccccc3)C2)n2ncc(Br)c2n1. The predicted molar refractivity (Wildman–Crippen MR) is 141 cm³/mol. The normalized spacial score (nSPS) is 16.9. The van der Waals surface area contributed by atoms with Gasteiger partial charge in [-0.25, -0.2) is 4.98 Å². The smallest absolute Gasteiger partial charge is 0.172 e. The topological polar surface area (TPSA) is 65.7 Å². The number of nitrogens with one attached hydrogen (secondary N) is 1. The number of phenolic OH excluding ortho intramolecular Hbond substituents is 1. The van der Waals surface area contributed by atoms with Crippen LogP contribution in [0.5, 0.6) is 5.75 Å². The molecule has 4 aromatic rings. The van der Waals surface area contributed by atoms with E-state index < -0.39 is 0 Å². The van der Waals surface area contributed by atoms with Gasteiger partial charge in [0.1, 0.15) is 11.6 Å². The number of rotatable bonds is 7. The fraction of sp³-hybridized carbons (Fsp3) is 0.259. The Kier molecular flexibility index (Phi) is 6.92. The number of nitrogens with zero attached hydrogens (tertiary/aromatic N) is 4. The summed E-state index contributed by atoms with van der Waals surface area (Å²) in [5, 5.41) is 18.5. The number of para-hydroxylation sites is 1. The first-order chi connectivity index (χ1) is 16.7. The van der Waals surface area contributed by atoms with Crippen LogP contribution in [0.4, 0.5) is 5.82 Å². The zero-order valence-electron chi connectivity index (χ0n) is 18.9. The van der Waals surface area contributed by atoms with Gasteiger partial charge in [0.2, 0.25) is 0 Å². The number of anilines is 1. The number of benzene rings is 2. The fourth-order valence-electron chi connectivity index (χ4n) is 4.52. The highest BCUT2D eigenvalue weighted by Crippen LogP contribution is 2.31. The molecule has 3 heterocycles. The lowest BCUT2D eigenvalue weighted by Crippen LogP contribution is -2.38. The Morgan fingerprint density at radius 2 is 1.94 bits per heavy atom. The summed E-state index contributed by atoms with van der Waals surface area (Å²) in [6.45, 7) is 4.03. The van der Waals surface area contributed by atoms with Crippen molar-refractivity contribution in [2.75, 3.05) is 31.5 Å². The molecule has 5 rings (SSSR count). The Morgan fingerprint density at radius 1 is 1.12 bits per heavy atom. The van der Waals surface area contributed by atoms with Gasteiger partial charge in [-0.1, -0.05) is 54.6 Å². The lowest BCUT2D eigenvalue weighted by Gasteiger charge is -2.32. The van der Waals surface area contributed by atoms with Crippen LogP contribution < -0.4 is 5.32 Å². The highest BCUT2D eigenvalue weighted by molar-refractivity contribution is 9.10. The van der Waals surface area contributed by atoms with Gasteiger partial charge in [0.25, 0.3) is 0 Å². The van der Waals surface area contributed by atoms with Gasteiger partial charge in [0.15, 0.2) is 5.65 Å². The molecule has 0 bridgehead atoms. The number of fused-ring (bicyclic) bond motifs is 1. The average Bonchev–Trinajstić information content (AvgIpc) is 3.24. The molecule has 0 aliphatic carbocycles. The van der Waals surface area contributed by atoms with E-state index in [2.05, 4.69) is 67.7 Å². The number of piperidine rings is 1. The average molecular weight is 518 g/mol. The number of aromatic nitrogens is 3. The summed E-state index contributed by atoms with van der Waals surface area (Å²) in [6.07, 6.45) is 8.62. The fourth-order valence-corrected chi connectivity index (χ4v) is 4.87. The number of aromatic hydroxyl groups is 1. The Balaban J connectivity index is 1.28. The highest BCUT2D eigenvalue weighted by Gasteiger charge is 2.20. The van der Waals surface area contributed by atoms with Gasteiger partial charge in [0.05, 0.1) is 16.4 Å². The molecule has 0 saturated carbocycles. The third-order valence-electron chi connectivity index (χ3n) is 6.26. The monoisotopic (exact) mass is 517 g/mol. The van der Waals surface area contributed by atoms with Crippen molar-refractivity contribution in [1.82, 2.24) is 19.5 Å². The van der Waals surface area contributed by atoms with Crippen molar-refractivity contribution in [3.8, 4) is 17.0 Å². The molecule has 0 radical (unpaired) electrons. The van der Waals surface area contributed by atoms with Gasteiger partial charge in [-0.15, -0.1) is 0 Å². The van der Waals surface area contributed by atoms with Gasteiger partial charge < -0.3 is 10.4 Å². The molecule has 7 heteroatoms. The van der Waals surface area contributed by atoms with Crippen LogP contribution in [0.2, 0.25) is 0 Å². The summed E-state index contributed by atoms with van der Waals surface area (Å²) < 4.78 is 2.64. The van der Waals surface area contributed by atoms with E-state index >= 15 is 0 Å². The van der Waals surface area contributed by atoms with Gasteiger partial charge in [0, 0.05) is 31.3 Å². The van der Waals surface area contributed by atoms with E-state index in [0.717, 1.165) is 42.1 Å². The molecule has 2 aromatic carbocycles. The molecular formula is C27H28BrN5O. The van der Waals surface area contributed by atoms with Crippen LogP contribution in [0, 0.1) is 5.92 Å². The minimum atomic E-state index is 0.215. The van der Waals surface area contributed by atoms with E-state index in [4.69, 9.17) is 4.98 Å². The second kappa shape index (κ2) is 10.4. The second-order valence-corrected chi connectivity index (χ2v) is 9.59. The van der Waals surface area contributed by atoms with Crippen molar-refractivity contribution >= 4 is 33.5 Å². The Hall–Kier alpha value is -3.16. The van der Waals surface area contributed by atoms with E-state index in [9.17, 15) is 5.11 Å². The molecular weight excluding hydrogens is 490 g/mol. The molecule has 2 N–H and O–H groups in total. The van der Waals surface area contributed by atoms with E-state index in [1.165, 1.54) is 18.4 Å². The van der Waals surface area contributed by atoms with E-state index in [0.29, 0.717) is 17.2 Å². The number of hydrogen-bond donors (Lipinski definition) is 2. The summed E-state index contributed by atoms with van der Waals surface area (Å²) in [7, 11) is 0. The molecule has 1 aliphatic heterocycles. The van der Waals surface area contributed by atoms with Crippen molar-refractivity contribution in [3.05, 3.63) is 83.0 Å². The van der Waals surface area contributed by atoms with Crippen LogP contribution in [0.25, 0.3) is 23.0 Å². The zero-order chi connectivity index (χ0) is 23.3. The Labute approximate surface area is 208 Å². The minimum absolute atomic E-state index is 0.215. The first-order valence-electron chi connectivity index (χ1n) is 11.7. The number of halogens is 1. The maximum atomic E-state index is 10.3. The second-order valence-electron chi connectivity index (χ2n) is 8.73. The van der Waals surface area contributed by atoms with Crippen LogP contribution in [0.15, 0.2) is 77.4 Å². The summed E-state index contributed by atoms with van der Waals surface area (Å²) in [4.78, 5) is 7.25. The van der Waals surface area contributed by atoms with Crippen LogP contribution in [0.3, 0.4) is 0 Å². The van der Waals surface area contributed by atoms with Crippen molar-refractivity contribution in [2.45, 2.75) is 12.8 Å². The number of likely N-dealkylation sites (tertiary alicyclic amines) is 1. The zero-order valence-corrected chi connectivity index (χ0v) is 20.5. The maximum absolute atomic E-state index is 10.3. The van der Waals surface area contributed by atoms with Crippen LogP contribution in [0.1, 0.15) is 18.4 Å². The van der Waals surface area contributed by atoms with E-state index in [-0.39, 0.29) is 5.75 Å². The first kappa shape index (κ1) is 22.6. The Bertz CT molecular complexity index is 1290. The molecule has 1 atom stereocenters. The van der Waals surface area contributed by atoms with E-state index in [1.54, 1.807) is 12.3 Å². The van der Waals surface area contributed by atoms with Crippen molar-refractivity contribution in [3.63, 3.8) is 0 Å². The minimum Gasteiger partial charge on any atom is -0.507 e. The summed E-state index contributed by atoms with van der Waals surface area (Å²) >= 11 is 3.55. The molecule has 1 unspecified atom stereocenters. The van der Waals surface area contributed by atoms with Crippen LogP contribution in [-0.2, 0) is 0 Å². The summed E-state index contributed by atoms with van der Waals surface area (Å²) in [5.41, 5.74) is 3.38. The molecule has 1 fully saturated rings. The maximum Gasteiger partial charge on any atom is 0.172 e. The molecule has 2 aromatic heterocycles.